The zero-order valence-electron chi connectivity index (χ0n) is 14.5. The summed E-state index contributed by atoms with van der Waals surface area (Å²) in [6.45, 7) is 4.36. The SMILES string of the molecule is Cc1nc2ccccc2nc1NC[C@H]1CCN(c2ccc(F)c(F)c2)C1. The normalized spacial score (nSPS) is 17.0. The fourth-order valence-electron chi connectivity index (χ4n) is 3.41. The molecule has 0 spiro atoms. The second-order valence-electron chi connectivity index (χ2n) is 6.73. The molecule has 1 aliphatic rings. The monoisotopic (exact) mass is 354 g/mol. The van der Waals surface area contributed by atoms with E-state index in [9.17, 15) is 8.78 Å². The van der Waals surface area contributed by atoms with Crippen molar-refractivity contribution in [2.45, 2.75) is 13.3 Å². The lowest BCUT2D eigenvalue weighted by Crippen LogP contribution is -2.23. The molecular weight excluding hydrogens is 334 g/mol. The average Bonchev–Trinajstić information content (AvgIpc) is 3.11. The van der Waals surface area contributed by atoms with E-state index in [-0.39, 0.29) is 0 Å². The summed E-state index contributed by atoms with van der Waals surface area (Å²) in [7, 11) is 0. The first-order valence-corrected chi connectivity index (χ1v) is 8.77. The summed E-state index contributed by atoms with van der Waals surface area (Å²) < 4.78 is 26.5. The van der Waals surface area contributed by atoms with E-state index in [1.54, 1.807) is 6.07 Å². The Morgan fingerprint density at radius 3 is 2.62 bits per heavy atom. The van der Waals surface area contributed by atoms with Crippen molar-refractivity contribution >= 4 is 22.5 Å². The van der Waals surface area contributed by atoms with Gasteiger partial charge in [0.2, 0.25) is 0 Å². The maximum absolute atomic E-state index is 13.4. The van der Waals surface area contributed by atoms with Gasteiger partial charge in [-0.15, -0.1) is 0 Å². The van der Waals surface area contributed by atoms with Crippen LogP contribution in [0.5, 0.6) is 0 Å². The van der Waals surface area contributed by atoms with E-state index in [0.29, 0.717) is 5.92 Å². The van der Waals surface area contributed by atoms with Gasteiger partial charge in [-0.1, -0.05) is 12.1 Å². The number of nitrogens with zero attached hydrogens (tertiary/aromatic N) is 3. The molecule has 0 unspecified atom stereocenters. The molecule has 26 heavy (non-hydrogen) atoms. The molecule has 4 nitrogen and oxygen atoms in total. The first-order chi connectivity index (χ1) is 12.6. The minimum Gasteiger partial charge on any atom is -0.371 e. The Kier molecular flexibility index (Phi) is 4.41. The number of nitrogens with one attached hydrogen (secondary N) is 1. The Morgan fingerprint density at radius 2 is 1.85 bits per heavy atom. The highest BCUT2D eigenvalue weighted by Gasteiger charge is 2.23. The third-order valence-corrected chi connectivity index (χ3v) is 4.86. The fourth-order valence-corrected chi connectivity index (χ4v) is 3.41. The van der Waals surface area contributed by atoms with Crippen molar-refractivity contribution < 1.29 is 8.78 Å². The molecule has 1 aromatic heterocycles. The second kappa shape index (κ2) is 6.86. The third kappa shape index (κ3) is 3.31. The largest absolute Gasteiger partial charge is 0.371 e. The number of aromatic nitrogens is 2. The molecule has 0 radical (unpaired) electrons. The molecule has 1 fully saturated rings. The molecule has 1 atom stereocenters. The van der Waals surface area contributed by atoms with Crippen molar-refractivity contribution in [3.05, 3.63) is 59.8 Å². The van der Waals surface area contributed by atoms with Gasteiger partial charge in [-0.05, 0) is 43.5 Å². The maximum atomic E-state index is 13.4. The molecule has 0 aliphatic carbocycles. The van der Waals surface area contributed by atoms with E-state index in [0.717, 1.165) is 54.3 Å². The van der Waals surface area contributed by atoms with Gasteiger partial charge < -0.3 is 10.2 Å². The number of fused-ring (bicyclic) bond motifs is 1. The highest BCUT2D eigenvalue weighted by molar-refractivity contribution is 5.76. The first kappa shape index (κ1) is 16.7. The Bertz CT molecular complexity index is 944. The van der Waals surface area contributed by atoms with E-state index < -0.39 is 11.6 Å². The Labute approximate surface area is 150 Å². The minimum atomic E-state index is -0.809. The van der Waals surface area contributed by atoms with Crippen molar-refractivity contribution in [1.29, 1.82) is 0 Å². The summed E-state index contributed by atoms with van der Waals surface area (Å²) in [6, 6.07) is 11.9. The summed E-state index contributed by atoms with van der Waals surface area (Å²) in [4.78, 5) is 11.3. The lowest BCUT2D eigenvalue weighted by Gasteiger charge is -2.19. The Hall–Kier alpha value is -2.76. The van der Waals surface area contributed by atoms with Crippen molar-refractivity contribution in [3.8, 4) is 0 Å². The number of aryl methyl sites for hydroxylation is 1. The van der Waals surface area contributed by atoms with Gasteiger partial charge in [-0.25, -0.2) is 18.7 Å². The van der Waals surface area contributed by atoms with Crippen molar-refractivity contribution in [3.63, 3.8) is 0 Å². The molecule has 1 N–H and O–H groups in total. The van der Waals surface area contributed by atoms with Crippen LogP contribution >= 0.6 is 0 Å². The maximum Gasteiger partial charge on any atom is 0.160 e. The second-order valence-corrected chi connectivity index (χ2v) is 6.73. The van der Waals surface area contributed by atoms with Crippen LogP contribution in [-0.2, 0) is 0 Å². The predicted octanol–water partition coefficient (Wildman–Crippen LogP) is 4.15. The number of anilines is 2. The first-order valence-electron chi connectivity index (χ1n) is 8.77. The third-order valence-electron chi connectivity index (χ3n) is 4.86. The summed E-state index contributed by atoms with van der Waals surface area (Å²) in [6.07, 6.45) is 0.992. The van der Waals surface area contributed by atoms with Gasteiger partial charge in [0.15, 0.2) is 11.6 Å². The lowest BCUT2D eigenvalue weighted by molar-refractivity contribution is 0.508. The highest BCUT2D eigenvalue weighted by atomic mass is 19.2. The van der Waals surface area contributed by atoms with Crippen LogP contribution in [0.2, 0.25) is 0 Å². The van der Waals surface area contributed by atoms with Crippen LogP contribution in [0.3, 0.4) is 0 Å². The molecule has 2 heterocycles. The van der Waals surface area contributed by atoms with Gasteiger partial charge in [0.1, 0.15) is 5.82 Å². The zero-order valence-corrected chi connectivity index (χ0v) is 14.5. The van der Waals surface area contributed by atoms with E-state index in [1.165, 1.54) is 12.1 Å². The summed E-state index contributed by atoms with van der Waals surface area (Å²) in [5, 5.41) is 3.41. The number of para-hydroxylation sites is 2. The van der Waals surface area contributed by atoms with Gasteiger partial charge >= 0.3 is 0 Å². The standard InChI is InChI=1S/C20H20F2N4/c1-13-20(25-19-5-3-2-4-18(19)24-13)23-11-14-8-9-26(12-14)15-6-7-16(21)17(22)10-15/h2-7,10,14H,8-9,11-12H2,1H3,(H,23,25)/t14-/m1/s1. The molecule has 3 aromatic rings. The minimum absolute atomic E-state index is 0.413. The smallest absolute Gasteiger partial charge is 0.160 e. The molecule has 0 amide bonds. The van der Waals surface area contributed by atoms with E-state index >= 15 is 0 Å². The summed E-state index contributed by atoms with van der Waals surface area (Å²) in [5.74, 6) is -0.395. The molecule has 1 saturated heterocycles. The van der Waals surface area contributed by atoms with Crippen LogP contribution < -0.4 is 10.2 Å². The Morgan fingerprint density at radius 1 is 1.08 bits per heavy atom. The van der Waals surface area contributed by atoms with Crippen LogP contribution in [0.15, 0.2) is 42.5 Å². The van der Waals surface area contributed by atoms with Crippen LogP contribution in [0.1, 0.15) is 12.1 Å². The summed E-state index contributed by atoms with van der Waals surface area (Å²) in [5.41, 5.74) is 3.36. The van der Waals surface area contributed by atoms with Gasteiger partial charge in [-0.2, -0.15) is 0 Å². The Balaban J connectivity index is 1.41. The van der Waals surface area contributed by atoms with Gasteiger partial charge in [0.25, 0.3) is 0 Å². The molecule has 4 rings (SSSR count). The van der Waals surface area contributed by atoms with Gasteiger partial charge in [0.05, 0.1) is 16.7 Å². The van der Waals surface area contributed by atoms with Gasteiger partial charge in [0, 0.05) is 31.4 Å². The number of halogens is 2. The molecular formula is C20H20F2N4. The van der Waals surface area contributed by atoms with E-state index in [1.807, 2.05) is 31.2 Å². The molecule has 0 saturated carbocycles. The van der Waals surface area contributed by atoms with Crippen LogP contribution in [0, 0.1) is 24.5 Å². The van der Waals surface area contributed by atoms with Crippen LogP contribution in [-0.4, -0.2) is 29.6 Å². The van der Waals surface area contributed by atoms with Crippen molar-refractivity contribution in [2.75, 3.05) is 29.9 Å². The fraction of sp³-hybridized carbons (Fsp3) is 0.300. The molecule has 6 heteroatoms. The zero-order chi connectivity index (χ0) is 18.1. The molecule has 2 aromatic carbocycles. The van der Waals surface area contributed by atoms with Gasteiger partial charge in [-0.3, -0.25) is 0 Å². The average molecular weight is 354 g/mol. The van der Waals surface area contributed by atoms with Crippen molar-refractivity contribution in [2.24, 2.45) is 5.92 Å². The predicted molar refractivity (Wildman–Crippen MR) is 99.4 cm³/mol. The number of hydrogen-bond acceptors (Lipinski definition) is 4. The number of rotatable bonds is 4. The van der Waals surface area contributed by atoms with Crippen LogP contribution in [0.25, 0.3) is 11.0 Å². The molecule has 1 aliphatic heterocycles. The lowest BCUT2D eigenvalue weighted by atomic mass is 10.1. The molecule has 134 valence electrons. The number of hydrogen-bond donors (Lipinski definition) is 1. The van der Waals surface area contributed by atoms with E-state index in [2.05, 4.69) is 20.2 Å². The van der Waals surface area contributed by atoms with Crippen LogP contribution in [0.4, 0.5) is 20.3 Å². The number of benzene rings is 2. The topological polar surface area (TPSA) is 41.1 Å². The highest BCUT2D eigenvalue weighted by Crippen LogP contribution is 2.26. The summed E-state index contributed by atoms with van der Waals surface area (Å²) >= 11 is 0. The van der Waals surface area contributed by atoms with Crippen molar-refractivity contribution in [1.82, 2.24) is 9.97 Å². The molecule has 0 bridgehead atoms. The van der Waals surface area contributed by atoms with E-state index in [4.69, 9.17) is 0 Å². The quantitative estimate of drug-likeness (QED) is 0.764.